The molecule has 0 aliphatic heterocycles. The van der Waals surface area contributed by atoms with E-state index in [1.54, 1.807) is 28.4 Å². The van der Waals surface area contributed by atoms with Crippen LogP contribution in [-0.4, -0.2) is 64.1 Å². The smallest absolute Gasteiger partial charge is 0.0773 e. The maximum atomic E-state index is 9.23. The van der Waals surface area contributed by atoms with Crippen LogP contribution < -0.4 is 0 Å². The van der Waals surface area contributed by atoms with Crippen LogP contribution in [0.4, 0.5) is 0 Å². The van der Waals surface area contributed by atoms with Crippen LogP contribution in [0, 0.1) is 0 Å². The molecule has 0 amide bonds. The summed E-state index contributed by atoms with van der Waals surface area (Å²) in [6, 6.07) is 16.7. The van der Waals surface area contributed by atoms with Crippen LogP contribution >= 0.6 is 0 Å². The molecule has 0 fully saturated rings. The molecule has 168 valence electrons. The summed E-state index contributed by atoms with van der Waals surface area (Å²) in [5.74, 6) is 0. The Bertz CT molecular complexity index is 494. The molecule has 0 radical (unpaired) electrons. The summed E-state index contributed by atoms with van der Waals surface area (Å²) in [7, 11) is 6.50. The van der Waals surface area contributed by atoms with Gasteiger partial charge in [0.15, 0.2) is 0 Å². The maximum absolute atomic E-state index is 9.23. The highest BCUT2D eigenvalue weighted by molar-refractivity contribution is 5.81. The minimum absolute atomic E-state index is 0.209. The number of benzene rings is 2. The zero-order valence-electron chi connectivity index (χ0n) is 19.1. The summed E-state index contributed by atoms with van der Waals surface area (Å²) in [5.41, 5.74) is 0. The van der Waals surface area contributed by atoms with Crippen LogP contribution in [0.2, 0.25) is 0 Å². The molecule has 2 N–H and O–H groups in total. The standard InChI is InChI=1S/C10H8.C9H20O3.C3H8O.C2H6O/c1-2-6-10-8-4-3-7-9(10)5-1;1-3-8(10)5-4-6-9(11)7-12-2;1-3-4-2;1-3-2/h1-8H;8-11H,3-7H2,1-2H3;3H2,1-2H3;1-2H3. The number of aliphatic hydroxyl groups excluding tert-OH is 2. The molecule has 2 aromatic carbocycles. The van der Waals surface area contributed by atoms with Gasteiger partial charge < -0.3 is 24.4 Å². The van der Waals surface area contributed by atoms with E-state index in [4.69, 9.17) is 4.74 Å². The number of aliphatic hydroxyl groups is 2. The maximum Gasteiger partial charge on any atom is 0.0773 e. The molecule has 2 rings (SSSR count). The largest absolute Gasteiger partial charge is 0.393 e. The molecule has 5 nitrogen and oxygen atoms in total. The summed E-state index contributed by atoms with van der Waals surface area (Å²) >= 11 is 0. The van der Waals surface area contributed by atoms with Crippen molar-refractivity contribution in [2.75, 3.05) is 41.7 Å². The van der Waals surface area contributed by atoms with E-state index >= 15 is 0 Å². The van der Waals surface area contributed by atoms with Crippen molar-refractivity contribution in [3.05, 3.63) is 48.5 Å². The van der Waals surface area contributed by atoms with Crippen LogP contribution in [0.15, 0.2) is 48.5 Å². The van der Waals surface area contributed by atoms with Gasteiger partial charge in [0.25, 0.3) is 0 Å². The Morgan fingerprint density at radius 1 is 0.724 bits per heavy atom. The van der Waals surface area contributed by atoms with Crippen molar-refractivity contribution in [1.29, 1.82) is 0 Å². The number of methoxy groups -OCH3 is 3. The van der Waals surface area contributed by atoms with Gasteiger partial charge in [0.1, 0.15) is 0 Å². The summed E-state index contributed by atoms with van der Waals surface area (Å²) in [4.78, 5) is 0. The van der Waals surface area contributed by atoms with Crippen LogP contribution in [-0.2, 0) is 14.2 Å². The predicted molar refractivity (Wildman–Crippen MR) is 122 cm³/mol. The molecular formula is C24H42O5. The first-order valence-electron chi connectivity index (χ1n) is 10.2. The number of rotatable bonds is 8. The van der Waals surface area contributed by atoms with E-state index < -0.39 is 0 Å². The van der Waals surface area contributed by atoms with Gasteiger partial charge >= 0.3 is 0 Å². The van der Waals surface area contributed by atoms with E-state index in [9.17, 15) is 10.2 Å². The topological polar surface area (TPSA) is 68.2 Å². The molecule has 0 spiro atoms. The second-order valence-electron chi connectivity index (χ2n) is 6.43. The predicted octanol–water partition coefficient (Wildman–Crippen LogP) is 4.69. The fourth-order valence-electron chi connectivity index (χ4n) is 2.20. The van der Waals surface area contributed by atoms with Crippen molar-refractivity contribution >= 4 is 10.8 Å². The molecule has 0 aliphatic carbocycles. The van der Waals surface area contributed by atoms with E-state index in [1.165, 1.54) is 10.8 Å². The lowest BCUT2D eigenvalue weighted by molar-refractivity contribution is 0.0541. The van der Waals surface area contributed by atoms with Gasteiger partial charge in [0, 0.05) is 35.0 Å². The SMILES string of the molecule is CCC(O)CCCC(O)COC.CCOC.COC.c1ccc2ccccc2c1. The molecule has 0 saturated carbocycles. The molecule has 2 aromatic rings. The van der Waals surface area contributed by atoms with Gasteiger partial charge in [-0.2, -0.15) is 0 Å². The first kappa shape index (κ1) is 29.7. The average molecular weight is 411 g/mol. The average Bonchev–Trinajstić information content (AvgIpc) is 2.75. The Morgan fingerprint density at radius 2 is 1.10 bits per heavy atom. The molecule has 5 heteroatoms. The van der Waals surface area contributed by atoms with Crippen molar-refractivity contribution in [1.82, 2.24) is 0 Å². The Balaban J connectivity index is 0. The molecule has 29 heavy (non-hydrogen) atoms. The van der Waals surface area contributed by atoms with Crippen LogP contribution in [0.5, 0.6) is 0 Å². The Morgan fingerprint density at radius 3 is 1.41 bits per heavy atom. The van der Waals surface area contributed by atoms with Crippen LogP contribution in [0.25, 0.3) is 10.8 Å². The zero-order valence-corrected chi connectivity index (χ0v) is 19.1. The second-order valence-corrected chi connectivity index (χ2v) is 6.43. The van der Waals surface area contributed by atoms with Crippen molar-refractivity contribution < 1.29 is 24.4 Å². The zero-order chi connectivity index (χ0) is 22.3. The first-order chi connectivity index (χ1) is 14.0. The van der Waals surface area contributed by atoms with E-state index in [1.807, 2.05) is 13.8 Å². The van der Waals surface area contributed by atoms with Gasteiger partial charge in [-0.3, -0.25) is 0 Å². The molecule has 2 unspecified atom stereocenters. The lowest BCUT2D eigenvalue weighted by atomic mass is 10.1. The van der Waals surface area contributed by atoms with Gasteiger partial charge in [-0.25, -0.2) is 0 Å². The van der Waals surface area contributed by atoms with E-state index in [2.05, 4.69) is 58.0 Å². The highest BCUT2D eigenvalue weighted by Gasteiger charge is 2.05. The van der Waals surface area contributed by atoms with Gasteiger partial charge in [0.05, 0.1) is 18.8 Å². The van der Waals surface area contributed by atoms with Gasteiger partial charge in [-0.05, 0) is 43.4 Å². The van der Waals surface area contributed by atoms with Crippen molar-refractivity contribution in [3.8, 4) is 0 Å². The Kier molecular flexibility index (Phi) is 23.3. The van der Waals surface area contributed by atoms with E-state index in [0.29, 0.717) is 13.0 Å². The third-order valence-electron chi connectivity index (χ3n) is 3.85. The van der Waals surface area contributed by atoms with Gasteiger partial charge in [-0.15, -0.1) is 0 Å². The lowest BCUT2D eigenvalue weighted by Crippen LogP contribution is -2.14. The number of hydrogen-bond donors (Lipinski definition) is 2. The van der Waals surface area contributed by atoms with Crippen molar-refractivity contribution in [3.63, 3.8) is 0 Å². The second kappa shape index (κ2) is 22.8. The molecule has 0 saturated heterocycles. The summed E-state index contributed by atoms with van der Waals surface area (Å²) in [6.07, 6.45) is 2.56. The monoisotopic (exact) mass is 410 g/mol. The number of fused-ring (bicyclic) bond motifs is 1. The van der Waals surface area contributed by atoms with Gasteiger partial charge in [0.2, 0.25) is 0 Å². The van der Waals surface area contributed by atoms with Crippen LogP contribution in [0.1, 0.15) is 39.5 Å². The van der Waals surface area contributed by atoms with E-state index in [0.717, 1.165) is 25.9 Å². The minimum Gasteiger partial charge on any atom is -0.393 e. The first-order valence-corrected chi connectivity index (χ1v) is 10.2. The fraction of sp³-hybridized carbons (Fsp3) is 0.583. The lowest BCUT2D eigenvalue weighted by Gasteiger charge is -2.10. The molecule has 0 aromatic heterocycles. The van der Waals surface area contributed by atoms with Crippen LogP contribution in [0.3, 0.4) is 0 Å². The number of ether oxygens (including phenoxy) is 3. The minimum atomic E-state index is -0.376. The highest BCUT2D eigenvalue weighted by Crippen LogP contribution is 2.11. The summed E-state index contributed by atoms with van der Waals surface area (Å²) in [5, 5.41) is 21.0. The molecule has 2 atom stereocenters. The molecular weight excluding hydrogens is 368 g/mol. The van der Waals surface area contributed by atoms with Gasteiger partial charge in [-0.1, -0.05) is 55.5 Å². The molecule has 0 bridgehead atoms. The summed E-state index contributed by atoms with van der Waals surface area (Å²) in [6.45, 7) is 5.12. The quantitative estimate of drug-likeness (QED) is 0.661. The normalized spacial score (nSPS) is 11.7. The van der Waals surface area contributed by atoms with E-state index in [-0.39, 0.29) is 12.2 Å². The highest BCUT2D eigenvalue weighted by atomic mass is 16.5. The third-order valence-corrected chi connectivity index (χ3v) is 3.85. The summed E-state index contributed by atoms with van der Waals surface area (Å²) < 4.78 is 13.6. The Hall–Kier alpha value is -1.50. The van der Waals surface area contributed by atoms with Crippen molar-refractivity contribution in [2.24, 2.45) is 0 Å². The fourth-order valence-corrected chi connectivity index (χ4v) is 2.20. The molecule has 0 heterocycles. The molecule has 0 aliphatic rings. The number of hydrogen-bond acceptors (Lipinski definition) is 5. The third kappa shape index (κ3) is 19.6. The Labute approximate surface area is 177 Å². The van der Waals surface area contributed by atoms with Crippen molar-refractivity contribution in [2.45, 2.75) is 51.7 Å².